The van der Waals surface area contributed by atoms with E-state index in [0.717, 1.165) is 11.1 Å². The molecule has 3 rings (SSSR count). The van der Waals surface area contributed by atoms with E-state index < -0.39 is 26.5 Å². The van der Waals surface area contributed by atoms with Crippen LogP contribution in [0.25, 0.3) is 0 Å². The Kier molecular flexibility index (Phi) is 7.81. The molecule has 10 heteroatoms. The van der Waals surface area contributed by atoms with Crippen molar-refractivity contribution in [1.82, 2.24) is 10.6 Å². The van der Waals surface area contributed by atoms with Crippen LogP contribution in [-0.2, 0) is 19.4 Å². The summed E-state index contributed by atoms with van der Waals surface area (Å²) < 4.78 is 31.1. The highest BCUT2D eigenvalue weighted by molar-refractivity contribution is 8.00. The third-order valence-electron chi connectivity index (χ3n) is 5.06. The van der Waals surface area contributed by atoms with E-state index in [1.54, 1.807) is 12.1 Å². The molecule has 0 bridgehead atoms. The minimum absolute atomic E-state index is 0.0438. The summed E-state index contributed by atoms with van der Waals surface area (Å²) in [5, 5.41) is 7.20. The molecule has 0 aromatic heterocycles. The maximum absolute atomic E-state index is 12.9. The van der Waals surface area contributed by atoms with Crippen LogP contribution in [0.4, 0.5) is 5.69 Å². The van der Waals surface area contributed by atoms with Crippen LogP contribution < -0.4 is 20.7 Å². The van der Waals surface area contributed by atoms with Gasteiger partial charge in [0.1, 0.15) is 11.2 Å². The summed E-state index contributed by atoms with van der Waals surface area (Å²) in [5.74, 6) is -0.141. The number of thioether (sulfide) groups is 1. The van der Waals surface area contributed by atoms with Crippen molar-refractivity contribution in [1.29, 1.82) is 0 Å². The molecule has 0 saturated carbocycles. The average Bonchev–Trinajstić information content (AvgIpc) is 2.75. The summed E-state index contributed by atoms with van der Waals surface area (Å²) in [6.07, 6.45) is 0. The van der Waals surface area contributed by atoms with Crippen LogP contribution in [0.3, 0.4) is 0 Å². The van der Waals surface area contributed by atoms with Crippen molar-refractivity contribution in [3.63, 3.8) is 0 Å². The van der Waals surface area contributed by atoms with E-state index in [9.17, 15) is 18.0 Å². The topological polar surface area (TPSA) is 114 Å². The number of rotatable bonds is 8. The molecule has 0 aliphatic carbocycles. The van der Waals surface area contributed by atoms with E-state index >= 15 is 0 Å². The molecule has 32 heavy (non-hydrogen) atoms. The number of nitrogens with one attached hydrogen (secondary N) is 3. The first-order valence-corrected chi connectivity index (χ1v) is 12.8. The number of ether oxygens (including phenoxy) is 1. The summed E-state index contributed by atoms with van der Waals surface area (Å²) in [6, 6.07) is 11.7. The monoisotopic (exact) mass is 477 g/mol. The van der Waals surface area contributed by atoms with Gasteiger partial charge in [-0.2, -0.15) is 0 Å². The van der Waals surface area contributed by atoms with Crippen LogP contribution in [-0.4, -0.2) is 49.9 Å². The van der Waals surface area contributed by atoms with Crippen molar-refractivity contribution in [2.45, 2.75) is 36.4 Å². The molecule has 2 aromatic carbocycles. The minimum atomic E-state index is -3.86. The molecule has 2 atom stereocenters. The van der Waals surface area contributed by atoms with E-state index in [1.807, 2.05) is 39.0 Å². The molecule has 3 N–H and O–H groups in total. The van der Waals surface area contributed by atoms with Crippen molar-refractivity contribution < 1.29 is 22.7 Å². The van der Waals surface area contributed by atoms with Crippen molar-refractivity contribution in [3.05, 3.63) is 53.6 Å². The SMILES string of the molecule is CCOc1ccc(S(=O)(=O)C2CNC(SCC(=O)Nc3ccc(C)c(C)c3)NC2=O)cc1. The molecule has 172 valence electrons. The summed E-state index contributed by atoms with van der Waals surface area (Å²) >= 11 is 1.19. The van der Waals surface area contributed by atoms with E-state index in [1.165, 1.54) is 23.9 Å². The van der Waals surface area contributed by atoms with Gasteiger partial charge in [-0.25, -0.2) is 8.42 Å². The lowest BCUT2D eigenvalue weighted by molar-refractivity contribution is -0.122. The molecule has 0 spiro atoms. The zero-order valence-electron chi connectivity index (χ0n) is 18.2. The van der Waals surface area contributed by atoms with Crippen molar-refractivity contribution >= 4 is 39.1 Å². The van der Waals surface area contributed by atoms with Crippen LogP contribution >= 0.6 is 11.8 Å². The van der Waals surface area contributed by atoms with Gasteiger partial charge >= 0.3 is 0 Å². The molecule has 2 amide bonds. The zero-order chi connectivity index (χ0) is 23.3. The van der Waals surface area contributed by atoms with Gasteiger partial charge in [-0.15, -0.1) is 11.8 Å². The Morgan fingerprint density at radius 1 is 1.16 bits per heavy atom. The molecule has 2 unspecified atom stereocenters. The van der Waals surface area contributed by atoms with Crippen molar-refractivity contribution in [3.8, 4) is 5.75 Å². The average molecular weight is 478 g/mol. The molecule has 8 nitrogen and oxygen atoms in total. The number of carbonyl (C=O) groups excluding carboxylic acids is 2. The maximum Gasteiger partial charge on any atom is 0.241 e. The lowest BCUT2D eigenvalue weighted by Crippen LogP contribution is -2.59. The predicted octanol–water partition coefficient (Wildman–Crippen LogP) is 2.22. The third kappa shape index (κ3) is 5.81. The first-order chi connectivity index (χ1) is 15.2. The van der Waals surface area contributed by atoms with Gasteiger partial charge in [0.15, 0.2) is 15.1 Å². The third-order valence-corrected chi connectivity index (χ3v) is 8.17. The molecular weight excluding hydrogens is 450 g/mol. The number of amides is 2. The molecule has 1 heterocycles. The number of benzene rings is 2. The quantitative estimate of drug-likeness (QED) is 0.534. The number of aryl methyl sites for hydroxylation is 2. The van der Waals surface area contributed by atoms with Gasteiger partial charge < -0.3 is 15.4 Å². The van der Waals surface area contributed by atoms with Crippen molar-refractivity contribution in [2.75, 3.05) is 24.2 Å². The highest BCUT2D eigenvalue weighted by Crippen LogP contribution is 2.22. The largest absolute Gasteiger partial charge is 0.494 e. The van der Waals surface area contributed by atoms with Crippen LogP contribution in [0.5, 0.6) is 5.75 Å². The molecule has 1 aliphatic rings. The fourth-order valence-corrected chi connectivity index (χ4v) is 5.48. The number of carbonyl (C=O) groups is 2. The fourth-order valence-electron chi connectivity index (χ4n) is 3.16. The maximum atomic E-state index is 12.9. The second kappa shape index (κ2) is 10.4. The first-order valence-electron chi connectivity index (χ1n) is 10.2. The van der Waals surface area contributed by atoms with Crippen LogP contribution in [0.2, 0.25) is 0 Å². The Balaban J connectivity index is 1.53. The van der Waals surface area contributed by atoms with Crippen LogP contribution in [0.15, 0.2) is 47.4 Å². The van der Waals surface area contributed by atoms with Gasteiger partial charge in [0.25, 0.3) is 0 Å². The molecular formula is C22H27N3O5S2. The van der Waals surface area contributed by atoms with Crippen molar-refractivity contribution in [2.24, 2.45) is 0 Å². The summed E-state index contributed by atoms with van der Waals surface area (Å²) in [7, 11) is -3.86. The smallest absolute Gasteiger partial charge is 0.241 e. The molecule has 1 aliphatic heterocycles. The normalized spacial score (nSPS) is 18.7. The van der Waals surface area contributed by atoms with Gasteiger partial charge in [-0.05, 0) is 68.3 Å². The number of sulfone groups is 1. The second-order valence-corrected chi connectivity index (χ2v) is 10.6. The van der Waals surface area contributed by atoms with Crippen LogP contribution in [0.1, 0.15) is 18.1 Å². The minimum Gasteiger partial charge on any atom is -0.494 e. The predicted molar refractivity (Wildman–Crippen MR) is 126 cm³/mol. The lowest BCUT2D eigenvalue weighted by atomic mass is 10.1. The van der Waals surface area contributed by atoms with E-state index in [-0.39, 0.29) is 23.1 Å². The van der Waals surface area contributed by atoms with Gasteiger partial charge in [0.2, 0.25) is 11.8 Å². The van der Waals surface area contributed by atoms with Gasteiger partial charge in [0, 0.05) is 12.2 Å². The molecule has 0 radical (unpaired) electrons. The zero-order valence-corrected chi connectivity index (χ0v) is 19.8. The Hall–Kier alpha value is -2.56. The Morgan fingerprint density at radius 2 is 1.88 bits per heavy atom. The van der Waals surface area contributed by atoms with Gasteiger partial charge in [-0.1, -0.05) is 6.07 Å². The lowest BCUT2D eigenvalue weighted by Gasteiger charge is -2.29. The van der Waals surface area contributed by atoms with Gasteiger partial charge in [0.05, 0.1) is 17.3 Å². The van der Waals surface area contributed by atoms with E-state index in [4.69, 9.17) is 4.74 Å². The highest BCUT2D eigenvalue weighted by atomic mass is 32.2. The summed E-state index contributed by atoms with van der Waals surface area (Å²) in [5.41, 5.74) is 2.37. The standard InChI is InChI=1S/C22H27N3O5S2/c1-4-30-17-7-9-18(10-8-17)32(28,29)19-12-23-22(25-21(19)27)31-13-20(26)24-16-6-5-14(2)15(3)11-16/h5-11,19,22-23H,4,12-13H2,1-3H3,(H,24,26)(H,25,27). The second-order valence-electron chi connectivity index (χ2n) is 7.39. The Morgan fingerprint density at radius 3 is 2.50 bits per heavy atom. The van der Waals surface area contributed by atoms with E-state index in [0.29, 0.717) is 18.0 Å². The number of anilines is 1. The fraction of sp³-hybridized carbons (Fsp3) is 0.364. The van der Waals surface area contributed by atoms with E-state index in [2.05, 4.69) is 16.0 Å². The molecule has 1 fully saturated rings. The summed E-state index contributed by atoms with van der Waals surface area (Å²) in [4.78, 5) is 24.8. The summed E-state index contributed by atoms with van der Waals surface area (Å²) in [6.45, 7) is 6.24. The first kappa shape index (κ1) is 24.1. The van der Waals surface area contributed by atoms with Crippen LogP contribution in [0, 0.1) is 13.8 Å². The molecule has 2 aromatic rings. The highest BCUT2D eigenvalue weighted by Gasteiger charge is 2.38. The Labute approximate surface area is 192 Å². The van der Waals surface area contributed by atoms with Gasteiger partial charge in [-0.3, -0.25) is 14.9 Å². The Bertz CT molecular complexity index is 1090. The number of hydrogen-bond donors (Lipinski definition) is 3. The molecule has 1 saturated heterocycles. The number of hydrogen-bond acceptors (Lipinski definition) is 7.